The molecule has 0 saturated carbocycles. The predicted octanol–water partition coefficient (Wildman–Crippen LogP) is 4.16. The number of nitrogens with zero attached hydrogens (tertiary/aromatic N) is 2. The molecule has 0 aliphatic heterocycles. The van der Waals surface area contributed by atoms with Gasteiger partial charge in [0.15, 0.2) is 0 Å². The zero-order chi connectivity index (χ0) is 13.8. The van der Waals surface area contributed by atoms with Gasteiger partial charge < -0.3 is 4.90 Å². The molecule has 96 valence electrons. The third-order valence-corrected chi connectivity index (χ3v) is 3.33. The highest BCUT2D eigenvalue weighted by molar-refractivity contribution is 6.32. The second kappa shape index (κ2) is 5.77. The molecule has 19 heavy (non-hydrogen) atoms. The lowest BCUT2D eigenvalue weighted by Crippen LogP contribution is -2.17. The second-order valence-electron chi connectivity index (χ2n) is 4.59. The molecule has 0 fully saturated rings. The van der Waals surface area contributed by atoms with Gasteiger partial charge in [-0.3, -0.25) is 0 Å². The molecule has 0 atom stereocenters. The molecule has 0 aliphatic rings. The van der Waals surface area contributed by atoms with E-state index in [1.54, 1.807) is 6.07 Å². The Labute approximate surface area is 118 Å². The van der Waals surface area contributed by atoms with Crippen molar-refractivity contribution in [3.05, 3.63) is 64.2 Å². The molecule has 0 N–H and O–H groups in total. The lowest BCUT2D eigenvalue weighted by atomic mass is 10.1. The smallest absolute Gasteiger partial charge is 0.103 e. The maximum atomic E-state index is 9.20. The van der Waals surface area contributed by atoms with Crippen LogP contribution in [0.4, 0.5) is 5.69 Å². The molecule has 2 aromatic rings. The van der Waals surface area contributed by atoms with Crippen LogP contribution < -0.4 is 4.90 Å². The van der Waals surface area contributed by atoms with Crippen LogP contribution in [0.1, 0.15) is 16.7 Å². The molecule has 2 aromatic carbocycles. The molecule has 0 heterocycles. The number of hydrogen-bond acceptors (Lipinski definition) is 2. The summed E-state index contributed by atoms with van der Waals surface area (Å²) in [6.07, 6.45) is 0. The van der Waals surface area contributed by atoms with E-state index >= 15 is 0 Å². The molecule has 2 nitrogen and oxygen atoms in total. The van der Waals surface area contributed by atoms with Crippen molar-refractivity contribution in [3.8, 4) is 6.07 Å². The largest absolute Gasteiger partial charge is 0.369 e. The molecule has 0 bridgehead atoms. The van der Waals surface area contributed by atoms with E-state index in [-0.39, 0.29) is 0 Å². The summed E-state index contributed by atoms with van der Waals surface area (Å²) >= 11 is 6.05. The Hall–Kier alpha value is -1.98. The van der Waals surface area contributed by atoms with Crippen LogP contribution in [0.15, 0.2) is 42.5 Å². The fourth-order valence-electron chi connectivity index (χ4n) is 2.11. The second-order valence-corrected chi connectivity index (χ2v) is 5.00. The van der Waals surface area contributed by atoms with E-state index in [4.69, 9.17) is 11.6 Å². The average Bonchev–Trinajstić information content (AvgIpc) is 2.38. The first-order chi connectivity index (χ1) is 9.11. The van der Waals surface area contributed by atoms with Crippen LogP contribution in [0.3, 0.4) is 0 Å². The molecule has 2 rings (SSSR count). The summed E-state index contributed by atoms with van der Waals surface area (Å²) in [6, 6.07) is 16.0. The molecule has 0 radical (unpaired) electrons. The van der Waals surface area contributed by atoms with Crippen molar-refractivity contribution in [2.75, 3.05) is 11.9 Å². The van der Waals surface area contributed by atoms with Crippen molar-refractivity contribution < 1.29 is 0 Å². The normalized spacial score (nSPS) is 10.0. The molecular weight excluding hydrogens is 256 g/mol. The van der Waals surface area contributed by atoms with Crippen molar-refractivity contribution in [1.82, 2.24) is 0 Å². The van der Waals surface area contributed by atoms with Crippen LogP contribution in [0.5, 0.6) is 0 Å². The summed E-state index contributed by atoms with van der Waals surface area (Å²) in [5, 5.41) is 9.69. The standard InChI is InChI=1S/C16H15ClN2/c1-12-5-3-6-13(9-12)11-19(2)16-8-4-7-15(17)14(16)10-18/h3-9H,11H2,1-2H3. The molecular formula is C16H15ClN2. The number of anilines is 1. The zero-order valence-corrected chi connectivity index (χ0v) is 11.8. The van der Waals surface area contributed by atoms with E-state index < -0.39 is 0 Å². The van der Waals surface area contributed by atoms with Crippen molar-refractivity contribution in [3.63, 3.8) is 0 Å². The van der Waals surface area contributed by atoms with Gasteiger partial charge in [-0.1, -0.05) is 47.5 Å². The minimum Gasteiger partial charge on any atom is -0.369 e. The first-order valence-electron chi connectivity index (χ1n) is 6.07. The maximum absolute atomic E-state index is 9.20. The maximum Gasteiger partial charge on any atom is 0.103 e. The fraction of sp³-hybridized carbons (Fsp3) is 0.188. The van der Waals surface area contributed by atoms with Crippen LogP contribution in [0.25, 0.3) is 0 Å². The van der Waals surface area contributed by atoms with Gasteiger partial charge in [-0.25, -0.2) is 0 Å². The number of rotatable bonds is 3. The van der Waals surface area contributed by atoms with E-state index in [0.717, 1.165) is 12.2 Å². The molecule has 3 heteroatoms. The number of nitriles is 1. The fourth-order valence-corrected chi connectivity index (χ4v) is 2.32. The molecule has 0 aliphatic carbocycles. The van der Waals surface area contributed by atoms with Crippen LogP contribution in [0, 0.1) is 18.3 Å². The quantitative estimate of drug-likeness (QED) is 0.837. The minimum atomic E-state index is 0.496. The summed E-state index contributed by atoms with van der Waals surface area (Å²) in [5.41, 5.74) is 3.83. The van der Waals surface area contributed by atoms with Gasteiger partial charge in [-0.05, 0) is 24.6 Å². The molecule has 0 spiro atoms. The van der Waals surface area contributed by atoms with E-state index in [0.29, 0.717) is 10.6 Å². The number of hydrogen-bond donors (Lipinski definition) is 0. The summed E-state index contributed by atoms with van der Waals surface area (Å²) in [5.74, 6) is 0. The Morgan fingerprint density at radius 3 is 2.63 bits per heavy atom. The Balaban J connectivity index is 2.28. The number of halogens is 1. The van der Waals surface area contributed by atoms with Gasteiger partial charge >= 0.3 is 0 Å². The first-order valence-corrected chi connectivity index (χ1v) is 6.45. The van der Waals surface area contributed by atoms with Crippen LogP contribution in [0.2, 0.25) is 5.02 Å². The Morgan fingerprint density at radius 2 is 1.95 bits per heavy atom. The molecule has 0 saturated heterocycles. The third-order valence-electron chi connectivity index (χ3n) is 3.02. The third kappa shape index (κ3) is 3.07. The molecule has 0 aromatic heterocycles. The van der Waals surface area contributed by atoms with Crippen LogP contribution in [-0.4, -0.2) is 7.05 Å². The van der Waals surface area contributed by atoms with Crippen LogP contribution in [-0.2, 0) is 6.54 Å². The summed E-state index contributed by atoms with van der Waals surface area (Å²) in [6.45, 7) is 2.82. The summed E-state index contributed by atoms with van der Waals surface area (Å²) in [7, 11) is 1.97. The Bertz CT molecular complexity index is 629. The van der Waals surface area contributed by atoms with Gasteiger partial charge in [0.1, 0.15) is 6.07 Å². The lowest BCUT2D eigenvalue weighted by molar-refractivity contribution is 0.919. The molecule has 0 unspecified atom stereocenters. The highest BCUT2D eigenvalue weighted by atomic mass is 35.5. The van der Waals surface area contributed by atoms with Gasteiger partial charge in [-0.2, -0.15) is 5.26 Å². The average molecular weight is 271 g/mol. The topological polar surface area (TPSA) is 27.0 Å². The van der Waals surface area contributed by atoms with Crippen molar-refractivity contribution in [2.24, 2.45) is 0 Å². The van der Waals surface area contributed by atoms with Gasteiger partial charge in [0, 0.05) is 13.6 Å². The van der Waals surface area contributed by atoms with Gasteiger partial charge in [0.25, 0.3) is 0 Å². The summed E-state index contributed by atoms with van der Waals surface area (Å²) < 4.78 is 0. The SMILES string of the molecule is Cc1cccc(CN(C)c2cccc(Cl)c2C#N)c1. The monoisotopic (exact) mass is 270 g/mol. The molecule has 0 amide bonds. The van der Waals surface area contributed by atoms with E-state index in [1.807, 2.05) is 30.1 Å². The van der Waals surface area contributed by atoms with Gasteiger partial charge in [0.05, 0.1) is 16.3 Å². The Morgan fingerprint density at radius 1 is 1.21 bits per heavy atom. The Kier molecular flexibility index (Phi) is 4.09. The number of benzene rings is 2. The van der Waals surface area contributed by atoms with Gasteiger partial charge in [-0.15, -0.1) is 0 Å². The van der Waals surface area contributed by atoms with E-state index in [1.165, 1.54) is 11.1 Å². The highest BCUT2D eigenvalue weighted by Gasteiger charge is 2.10. The summed E-state index contributed by atoms with van der Waals surface area (Å²) in [4.78, 5) is 2.04. The first kappa shape index (κ1) is 13.5. The lowest BCUT2D eigenvalue weighted by Gasteiger charge is -2.21. The van der Waals surface area contributed by atoms with E-state index in [2.05, 4.69) is 31.2 Å². The highest BCUT2D eigenvalue weighted by Crippen LogP contribution is 2.26. The minimum absolute atomic E-state index is 0.496. The zero-order valence-electron chi connectivity index (χ0n) is 11.0. The number of aryl methyl sites for hydroxylation is 1. The van der Waals surface area contributed by atoms with Crippen molar-refractivity contribution in [1.29, 1.82) is 5.26 Å². The predicted molar refractivity (Wildman–Crippen MR) is 79.5 cm³/mol. The van der Waals surface area contributed by atoms with E-state index in [9.17, 15) is 5.26 Å². The van der Waals surface area contributed by atoms with Crippen molar-refractivity contribution in [2.45, 2.75) is 13.5 Å². The van der Waals surface area contributed by atoms with Gasteiger partial charge in [0.2, 0.25) is 0 Å². The van der Waals surface area contributed by atoms with Crippen LogP contribution >= 0.6 is 11.6 Å². The van der Waals surface area contributed by atoms with Crippen molar-refractivity contribution >= 4 is 17.3 Å².